The third kappa shape index (κ3) is 4.37. The highest BCUT2D eigenvalue weighted by molar-refractivity contribution is 7.89. The molecule has 1 fully saturated rings. The number of hydrogen-bond donors (Lipinski definition) is 2. The summed E-state index contributed by atoms with van der Waals surface area (Å²) in [6.07, 6.45) is 0.619. The number of sulfonamides is 1. The number of amides is 1. The largest absolute Gasteiger partial charge is 0.481 e. The van der Waals surface area contributed by atoms with Gasteiger partial charge in [0.1, 0.15) is 10.6 Å². The van der Waals surface area contributed by atoms with Crippen molar-refractivity contribution in [1.82, 2.24) is 14.8 Å². The normalized spacial score (nSPS) is 18.0. The van der Waals surface area contributed by atoms with Crippen LogP contribution >= 0.6 is 0 Å². The molecule has 140 valence electrons. The number of aryl methyl sites for hydroxylation is 2. The Balaban J connectivity index is 1.97. The molecule has 0 saturated carbocycles. The zero-order chi connectivity index (χ0) is 18.8. The van der Waals surface area contributed by atoms with E-state index < -0.39 is 22.0 Å². The number of carbonyl (C=O) groups is 2. The zero-order valence-electron chi connectivity index (χ0n) is 14.5. The van der Waals surface area contributed by atoms with Crippen LogP contribution in [0, 0.1) is 19.8 Å². The highest BCUT2D eigenvalue weighted by Crippen LogP contribution is 2.27. The summed E-state index contributed by atoms with van der Waals surface area (Å²) in [5.41, 5.74) is 0.319. The van der Waals surface area contributed by atoms with Crippen LogP contribution in [0.1, 0.15) is 37.6 Å². The van der Waals surface area contributed by atoms with Gasteiger partial charge in [-0.15, -0.1) is 0 Å². The van der Waals surface area contributed by atoms with E-state index in [2.05, 4.69) is 10.5 Å². The maximum absolute atomic E-state index is 12.7. The van der Waals surface area contributed by atoms with Gasteiger partial charge in [-0.3, -0.25) is 9.59 Å². The van der Waals surface area contributed by atoms with E-state index in [1.165, 1.54) is 4.31 Å². The van der Waals surface area contributed by atoms with Gasteiger partial charge in [0.15, 0.2) is 5.76 Å². The molecule has 1 aliphatic heterocycles. The number of nitrogens with one attached hydrogen (secondary N) is 1. The molecule has 2 N–H and O–H groups in total. The molecule has 10 heteroatoms. The van der Waals surface area contributed by atoms with Crippen LogP contribution in [0.25, 0.3) is 0 Å². The first-order valence-electron chi connectivity index (χ1n) is 8.08. The lowest BCUT2D eigenvalue weighted by Gasteiger charge is -2.31. The van der Waals surface area contributed by atoms with Gasteiger partial charge < -0.3 is 14.9 Å². The number of hydrogen-bond acceptors (Lipinski definition) is 6. The van der Waals surface area contributed by atoms with E-state index in [1.807, 2.05) is 0 Å². The van der Waals surface area contributed by atoms with E-state index in [1.54, 1.807) is 20.8 Å². The smallest absolute Gasteiger partial charge is 0.305 e. The van der Waals surface area contributed by atoms with Crippen LogP contribution in [-0.4, -0.2) is 54.0 Å². The van der Waals surface area contributed by atoms with Crippen molar-refractivity contribution >= 4 is 21.9 Å². The Morgan fingerprint density at radius 2 is 1.96 bits per heavy atom. The molecule has 0 aromatic carbocycles. The lowest BCUT2D eigenvalue weighted by Crippen LogP contribution is -2.45. The molecule has 0 bridgehead atoms. The van der Waals surface area contributed by atoms with Crippen LogP contribution in [-0.2, 0) is 19.6 Å². The second-order valence-electron chi connectivity index (χ2n) is 6.34. The average Bonchev–Trinajstić information content (AvgIpc) is 2.86. The Labute approximate surface area is 146 Å². The Hall–Kier alpha value is -1.94. The van der Waals surface area contributed by atoms with Gasteiger partial charge in [-0.05, 0) is 33.6 Å². The number of aliphatic carboxylic acids is 1. The van der Waals surface area contributed by atoms with E-state index in [4.69, 9.17) is 9.63 Å². The third-order valence-electron chi connectivity index (χ3n) is 4.26. The summed E-state index contributed by atoms with van der Waals surface area (Å²) in [6.45, 7) is 5.20. The first kappa shape index (κ1) is 19.4. The second kappa shape index (κ2) is 7.52. The molecule has 25 heavy (non-hydrogen) atoms. The summed E-state index contributed by atoms with van der Waals surface area (Å²) in [4.78, 5) is 22.9. The Morgan fingerprint density at radius 1 is 1.36 bits per heavy atom. The predicted octanol–water partition coefficient (Wildman–Crippen LogP) is 0.672. The van der Waals surface area contributed by atoms with E-state index in [0.29, 0.717) is 18.5 Å². The fourth-order valence-corrected chi connectivity index (χ4v) is 4.76. The SMILES string of the molecule is Cc1noc(C)c1S(=O)(=O)N1CCC(C(=O)NC(C)CC(=O)O)CC1. The third-order valence-corrected chi connectivity index (χ3v) is 6.40. The van der Waals surface area contributed by atoms with Gasteiger partial charge in [-0.2, -0.15) is 4.31 Å². The van der Waals surface area contributed by atoms with Gasteiger partial charge in [0, 0.05) is 25.0 Å². The number of piperidine rings is 1. The lowest BCUT2D eigenvalue weighted by molar-refractivity contribution is -0.137. The molecular formula is C15H23N3O6S. The van der Waals surface area contributed by atoms with E-state index in [9.17, 15) is 18.0 Å². The summed E-state index contributed by atoms with van der Waals surface area (Å²) < 4.78 is 31.7. The number of carbonyl (C=O) groups excluding carboxylic acids is 1. The maximum atomic E-state index is 12.7. The topological polar surface area (TPSA) is 130 Å². The van der Waals surface area contributed by atoms with Gasteiger partial charge in [0.25, 0.3) is 0 Å². The molecular weight excluding hydrogens is 350 g/mol. The van der Waals surface area contributed by atoms with Crippen molar-refractivity contribution in [2.75, 3.05) is 13.1 Å². The number of carboxylic acids is 1. The van der Waals surface area contributed by atoms with Crippen LogP contribution in [0.15, 0.2) is 9.42 Å². The first-order valence-corrected chi connectivity index (χ1v) is 9.52. The van der Waals surface area contributed by atoms with Gasteiger partial charge in [-0.1, -0.05) is 5.16 Å². The van der Waals surface area contributed by atoms with Crippen LogP contribution < -0.4 is 5.32 Å². The van der Waals surface area contributed by atoms with Crippen LogP contribution in [0.3, 0.4) is 0 Å². The monoisotopic (exact) mass is 373 g/mol. The van der Waals surface area contributed by atoms with Crippen molar-refractivity contribution < 1.29 is 27.6 Å². The van der Waals surface area contributed by atoms with E-state index in [-0.39, 0.29) is 42.0 Å². The highest BCUT2D eigenvalue weighted by atomic mass is 32.2. The molecule has 1 saturated heterocycles. The van der Waals surface area contributed by atoms with Crippen molar-refractivity contribution in [2.45, 2.75) is 51.0 Å². The Morgan fingerprint density at radius 3 is 2.44 bits per heavy atom. The number of carboxylic acid groups (broad SMARTS) is 1. The molecule has 1 aromatic heterocycles. The van der Waals surface area contributed by atoms with Gasteiger partial charge in [-0.25, -0.2) is 8.42 Å². The minimum atomic E-state index is -3.70. The second-order valence-corrected chi connectivity index (χ2v) is 8.21. The number of rotatable bonds is 6. The van der Waals surface area contributed by atoms with Crippen LogP contribution in [0.5, 0.6) is 0 Å². The zero-order valence-corrected chi connectivity index (χ0v) is 15.3. The molecule has 1 amide bonds. The molecule has 0 spiro atoms. The highest BCUT2D eigenvalue weighted by Gasteiger charge is 2.35. The van der Waals surface area contributed by atoms with Crippen molar-refractivity contribution in [2.24, 2.45) is 5.92 Å². The molecule has 2 rings (SSSR count). The molecule has 2 heterocycles. The summed E-state index contributed by atoms with van der Waals surface area (Å²) in [5, 5.41) is 15.1. The maximum Gasteiger partial charge on any atom is 0.305 e. The van der Waals surface area contributed by atoms with Gasteiger partial charge >= 0.3 is 5.97 Å². The van der Waals surface area contributed by atoms with Crippen molar-refractivity contribution in [3.05, 3.63) is 11.5 Å². The summed E-state index contributed by atoms with van der Waals surface area (Å²) in [5.74, 6) is -1.29. The summed E-state index contributed by atoms with van der Waals surface area (Å²) in [7, 11) is -3.70. The molecule has 1 unspecified atom stereocenters. The molecule has 1 aliphatic rings. The summed E-state index contributed by atoms with van der Waals surface area (Å²) >= 11 is 0. The summed E-state index contributed by atoms with van der Waals surface area (Å²) in [6, 6.07) is -0.464. The lowest BCUT2D eigenvalue weighted by atomic mass is 9.97. The fourth-order valence-electron chi connectivity index (χ4n) is 3.00. The minimum Gasteiger partial charge on any atom is -0.481 e. The number of nitrogens with zero attached hydrogens (tertiary/aromatic N) is 2. The van der Waals surface area contributed by atoms with Crippen molar-refractivity contribution in [3.8, 4) is 0 Å². The fraction of sp³-hybridized carbons (Fsp3) is 0.667. The molecule has 1 aromatic rings. The Bertz CT molecular complexity index is 730. The quantitative estimate of drug-likeness (QED) is 0.749. The number of aromatic nitrogens is 1. The van der Waals surface area contributed by atoms with Gasteiger partial charge in [0.2, 0.25) is 15.9 Å². The molecule has 9 nitrogen and oxygen atoms in total. The van der Waals surface area contributed by atoms with Crippen LogP contribution in [0.4, 0.5) is 0 Å². The molecule has 1 atom stereocenters. The van der Waals surface area contributed by atoms with E-state index >= 15 is 0 Å². The van der Waals surface area contributed by atoms with Gasteiger partial charge in [0.05, 0.1) is 6.42 Å². The Kier molecular flexibility index (Phi) is 5.83. The first-order chi connectivity index (χ1) is 11.6. The van der Waals surface area contributed by atoms with Crippen molar-refractivity contribution in [1.29, 1.82) is 0 Å². The van der Waals surface area contributed by atoms with Crippen LogP contribution in [0.2, 0.25) is 0 Å². The van der Waals surface area contributed by atoms with E-state index in [0.717, 1.165) is 0 Å². The molecule has 0 aliphatic carbocycles. The predicted molar refractivity (Wildman–Crippen MR) is 87.3 cm³/mol. The average molecular weight is 373 g/mol. The van der Waals surface area contributed by atoms with Crippen molar-refractivity contribution in [3.63, 3.8) is 0 Å². The molecule has 0 radical (unpaired) electrons. The minimum absolute atomic E-state index is 0.0884. The standard InChI is InChI=1S/C15H23N3O6S/c1-9(8-13(19)20)16-15(21)12-4-6-18(7-5-12)25(22,23)14-10(2)17-24-11(14)3/h9,12H,4-8H2,1-3H3,(H,16,21)(H,19,20).